The topological polar surface area (TPSA) is 55.8 Å². The predicted molar refractivity (Wildman–Crippen MR) is 130 cm³/mol. The number of amides is 1. The van der Waals surface area contributed by atoms with Crippen molar-refractivity contribution < 1.29 is 19.1 Å². The molecule has 0 radical (unpaired) electrons. The molecular weight excluding hydrogens is 414 g/mol. The molecule has 5 heteroatoms. The summed E-state index contributed by atoms with van der Waals surface area (Å²) < 4.78 is 10.5. The van der Waals surface area contributed by atoms with Crippen molar-refractivity contribution >= 4 is 11.9 Å². The van der Waals surface area contributed by atoms with Gasteiger partial charge >= 0.3 is 5.97 Å². The maximum atomic E-state index is 12.5. The van der Waals surface area contributed by atoms with Gasteiger partial charge in [0.25, 0.3) is 0 Å². The zero-order valence-electron chi connectivity index (χ0n) is 19.8. The number of rotatable bonds is 9. The van der Waals surface area contributed by atoms with Crippen molar-refractivity contribution in [2.75, 3.05) is 20.8 Å². The molecule has 0 saturated heterocycles. The quantitative estimate of drug-likeness (QED) is 0.436. The smallest absolute Gasteiger partial charge is 0.309 e. The Morgan fingerprint density at radius 1 is 0.879 bits per heavy atom. The fourth-order valence-corrected chi connectivity index (χ4v) is 3.89. The van der Waals surface area contributed by atoms with E-state index in [9.17, 15) is 9.59 Å². The molecule has 0 spiro atoms. The lowest BCUT2D eigenvalue weighted by Gasteiger charge is -2.24. The number of carbonyl (C=O) groups is 2. The van der Waals surface area contributed by atoms with Crippen LogP contribution < -0.4 is 4.74 Å². The maximum Gasteiger partial charge on any atom is 0.309 e. The fourth-order valence-electron chi connectivity index (χ4n) is 3.89. The molecule has 172 valence electrons. The second-order valence-electron chi connectivity index (χ2n) is 8.12. The number of aryl methyl sites for hydroxylation is 1. The summed E-state index contributed by atoms with van der Waals surface area (Å²) in [4.78, 5) is 26.2. The molecule has 33 heavy (non-hydrogen) atoms. The zero-order valence-corrected chi connectivity index (χ0v) is 19.8. The Bertz CT molecular complexity index is 1110. The molecule has 0 bridgehead atoms. The van der Waals surface area contributed by atoms with Gasteiger partial charge in [0.2, 0.25) is 5.91 Å². The third-order valence-corrected chi connectivity index (χ3v) is 5.71. The van der Waals surface area contributed by atoms with Crippen LogP contribution in [0.2, 0.25) is 0 Å². The lowest BCUT2D eigenvalue weighted by Crippen LogP contribution is -2.30. The largest absolute Gasteiger partial charge is 0.496 e. The van der Waals surface area contributed by atoms with Gasteiger partial charge in [0.15, 0.2) is 0 Å². The van der Waals surface area contributed by atoms with Gasteiger partial charge in [-0.15, -0.1) is 0 Å². The molecule has 0 aliphatic heterocycles. The number of methoxy groups -OCH3 is 2. The minimum Gasteiger partial charge on any atom is -0.496 e. The summed E-state index contributed by atoms with van der Waals surface area (Å²) in [6, 6.07) is 22.1. The van der Waals surface area contributed by atoms with Crippen LogP contribution in [0.25, 0.3) is 11.1 Å². The van der Waals surface area contributed by atoms with Gasteiger partial charge < -0.3 is 14.4 Å². The number of hydrogen-bond acceptors (Lipinski definition) is 4. The second-order valence-corrected chi connectivity index (χ2v) is 8.12. The van der Waals surface area contributed by atoms with E-state index in [1.807, 2.05) is 54.3 Å². The molecule has 1 amide bonds. The number of benzene rings is 3. The van der Waals surface area contributed by atoms with Gasteiger partial charge in [-0.25, -0.2) is 0 Å². The van der Waals surface area contributed by atoms with Crippen LogP contribution in [-0.2, 0) is 33.7 Å². The first-order chi connectivity index (χ1) is 15.9. The number of nitrogens with zero attached hydrogens (tertiary/aromatic N) is 1. The first kappa shape index (κ1) is 24.1. The molecule has 0 aliphatic rings. The van der Waals surface area contributed by atoms with Gasteiger partial charge in [-0.1, -0.05) is 60.2 Å². The first-order valence-corrected chi connectivity index (χ1v) is 11.0. The highest BCUT2D eigenvalue weighted by molar-refractivity contribution is 5.78. The van der Waals surface area contributed by atoms with Gasteiger partial charge in [0.05, 0.1) is 20.6 Å². The van der Waals surface area contributed by atoms with Crippen LogP contribution in [0.5, 0.6) is 5.75 Å². The van der Waals surface area contributed by atoms with E-state index in [-0.39, 0.29) is 18.3 Å². The summed E-state index contributed by atoms with van der Waals surface area (Å²) in [5.41, 5.74) is 6.06. The van der Waals surface area contributed by atoms with E-state index in [2.05, 4.69) is 24.3 Å². The van der Waals surface area contributed by atoms with Gasteiger partial charge in [-0.05, 0) is 47.7 Å². The van der Waals surface area contributed by atoms with Gasteiger partial charge in [0.1, 0.15) is 5.75 Å². The molecule has 0 aromatic heterocycles. The molecule has 0 fully saturated rings. The Labute approximate surface area is 196 Å². The fraction of sp³-hybridized carbons (Fsp3) is 0.286. The Kier molecular flexibility index (Phi) is 8.25. The normalized spacial score (nSPS) is 10.5. The summed E-state index contributed by atoms with van der Waals surface area (Å²) in [5.74, 6) is 0.455. The number of carbonyl (C=O) groups excluding carboxylic acids is 2. The molecule has 0 saturated carbocycles. The van der Waals surface area contributed by atoms with E-state index < -0.39 is 0 Å². The lowest BCUT2D eigenvalue weighted by molar-refractivity contribution is -0.139. The van der Waals surface area contributed by atoms with Crippen LogP contribution in [0.15, 0.2) is 66.7 Å². The summed E-state index contributed by atoms with van der Waals surface area (Å²) in [6.45, 7) is 4.77. The van der Waals surface area contributed by atoms with E-state index in [1.165, 1.54) is 12.7 Å². The van der Waals surface area contributed by atoms with E-state index in [1.54, 1.807) is 14.0 Å². The number of hydrogen-bond donors (Lipinski definition) is 0. The van der Waals surface area contributed by atoms with Crippen LogP contribution in [0.4, 0.5) is 0 Å². The highest BCUT2D eigenvalue weighted by atomic mass is 16.5. The monoisotopic (exact) mass is 445 g/mol. The highest BCUT2D eigenvalue weighted by Gasteiger charge is 2.17. The summed E-state index contributed by atoms with van der Waals surface area (Å²) in [5, 5.41) is 0. The standard InChI is InChI=1S/C28H31NO4/c1-20-10-12-25(26-17-23(18-28(31)33-4)11-13-27(26)32-3)24(16-20)19-29(21(2)30)15-14-22-8-6-5-7-9-22/h5-13,16-17H,14-15,18-19H2,1-4H3. The lowest BCUT2D eigenvalue weighted by atomic mass is 9.94. The Balaban J connectivity index is 1.94. The molecule has 0 aliphatic carbocycles. The molecule has 5 nitrogen and oxygen atoms in total. The number of esters is 1. The molecule has 3 aromatic carbocycles. The molecule has 0 atom stereocenters. The van der Waals surface area contributed by atoms with Crippen molar-refractivity contribution in [3.63, 3.8) is 0 Å². The van der Waals surface area contributed by atoms with Crippen molar-refractivity contribution in [1.29, 1.82) is 0 Å². The van der Waals surface area contributed by atoms with E-state index in [0.717, 1.165) is 34.2 Å². The van der Waals surface area contributed by atoms with Crippen LogP contribution in [-0.4, -0.2) is 37.5 Å². The van der Waals surface area contributed by atoms with Gasteiger partial charge in [-0.3, -0.25) is 9.59 Å². The highest BCUT2D eigenvalue weighted by Crippen LogP contribution is 2.34. The minimum atomic E-state index is -0.293. The van der Waals surface area contributed by atoms with E-state index >= 15 is 0 Å². The van der Waals surface area contributed by atoms with Crippen LogP contribution in [0, 0.1) is 6.92 Å². The molecule has 0 heterocycles. The summed E-state index contributed by atoms with van der Waals surface area (Å²) >= 11 is 0. The Morgan fingerprint density at radius 2 is 1.64 bits per heavy atom. The van der Waals surface area contributed by atoms with Crippen LogP contribution in [0.1, 0.15) is 29.2 Å². The Hall–Kier alpha value is -3.60. The summed E-state index contributed by atoms with van der Waals surface area (Å²) in [6.07, 6.45) is 0.977. The van der Waals surface area contributed by atoms with Crippen molar-refractivity contribution in [1.82, 2.24) is 4.90 Å². The van der Waals surface area contributed by atoms with Gasteiger partial charge in [-0.2, -0.15) is 0 Å². The van der Waals surface area contributed by atoms with E-state index in [4.69, 9.17) is 9.47 Å². The molecule has 0 N–H and O–H groups in total. The SMILES string of the molecule is COC(=O)Cc1ccc(OC)c(-c2ccc(C)cc2CN(CCc2ccccc2)C(C)=O)c1. The maximum absolute atomic E-state index is 12.5. The minimum absolute atomic E-state index is 0.0322. The predicted octanol–water partition coefficient (Wildman–Crippen LogP) is 4.98. The summed E-state index contributed by atoms with van der Waals surface area (Å²) in [7, 11) is 3.02. The van der Waals surface area contributed by atoms with Gasteiger partial charge in [0, 0.05) is 25.6 Å². The molecule has 3 aromatic rings. The van der Waals surface area contributed by atoms with Crippen LogP contribution in [0.3, 0.4) is 0 Å². The third-order valence-electron chi connectivity index (χ3n) is 5.71. The average Bonchev–Trinajstić information content (AvgIpc) is 2.82. The van der Waals surface area contributed by atoms with E-state index in [0.29, 0.717) is 18.8 Å². The first-order valence-electron chi connectivity index (χ1n) is 11.0. The molecular formula is C28H31NO4. The van der Waals surface area contributed by atoms with Crippen molar-refractivity contribution in [3.8, 4) is 16.9 Å². The van der Waals surface area contributed by atoms with Crippen molar-refractivity contribution in [3.05, 3.63) is 89.0 Å². The third kappa shape index (κ3) is 6.45. The molecule has 3 rings (SSSR count). The average molecular weight is 446 g/mol. The molecule has 0 unspecified atom stereocenters. The Morgan fingerprint density at radius 3 is 2.30 bits per heavy atom. The van der Waals surface area contributed by atoms with Crippen molar-refractivity contribution in [2.24, 2.45) is 0 Å². The second kappa shape index (κ2) is 11.3. The number of ether oxygens (including phenoxy) is 2. The zero-order chi connectivity index (χ0) is 23.8. The van der Waals surface area contributed by atoms with Crippen molar-refractivity contribution in [2.45, 2.75) is 33.2 Å². The van der Waals surface area contributed by atoms with Crippen LogP contribution >= 0.6 is 0 Å².